The smallest absolute Gasteiger partial charge is 0.338 e. The van der Waals surface area contributed by atoms with Gasteiger partial charge >= 0.3 is 18.0 Å². The van der Waals surface area contributed by atoms with Gasteiger partial charge in [-0.25, -0.2) is 19.4 Å². The van der Waals surface area contributed by atoms with Crippen LogP contribution in [0.1, 0.15) is 41.1 Å². The molecule has 184 valence electrons. The van der Waals surface area contributed by atoms with Gasteiger partial charge in [-0.3, -0.25) is 9.36 Å². The molecular weight excluding hydrogens is 464 g/mol. The molecule has 5 rings (SSSR count). The van der Waals surface area contributed by atoms with Crippen LogP contribution in [0.3, 0.4) is 0 Å². The maximum absolute atomic E-state index is 12.9. The Morgan fingerprint density at radius 1 is 1.08 bits per heavy atom. The highest BCUT2D eigenvalue weighted by molar-refractivity contribution is 5.96. The van der Waals surface area contributed by atoms with Crippen molar-refractivity contribution in [3.8, 4) is 0 Å². The zero-order chi connectivity index (χ0) is 25.2. The zero-order valence-electron chi connectivity index (χ0n) is 19.6. The highest BCUT2D eigenvalue weighted by Crippen LogP contribution is 2.28. The van der Waals surface area contributed by atoms with Crippen molar-refractivity contribution >= 4 is 28.9 Å². The molecule has 2 amide bonds. The van der Waals surface area contributed by atoms with E-state index < -0.39 is 24.0 Å². The summed E-state index contributed by atoms with van der Waals surface area (Å²) in [5.41, 5.74) is 1.47. The fourth-order valence-corrected chi connectivity index (χ4v) is 4.51. The number of nitrogens with one attached hydrogen (secondary N) is 2. The van der Waals surface area contributed by atoms with Crippen molar-refractivity contribution in [1.82, 2.24) is 20.2 Å². The van der Waals surface area contributed by atoms with Crippen LogP contribution in [0.2, 0.25) is 0 Å². The van der Waals surface area contributed by atoms with E-state index in [1.165, 1.54) is 12.1 Å². The molecule has 2 aliphatic rings. The normalized spacial score (nSPS) is 16.8. The second-order valence-electron chi connectivity index (χ2n) is 8.45. The number of carbonyl (C=O) groups is 3. The summed E-state index contributed by atoms with van der Waals surface area (Å²) in [5.74, 6) is -0.611. The number of urea groups is 1. The van der Waals surface area contributed by atoms with Crippen LogP contribution in [0, 0.1) is 0 Å². The Labute approximate surface area is 205 Å². The van der Waals surface area contributed by atoms with Gasteiger partial charge in [-0.2, -0.15) is 0 Å². The Bertz CT molecular complexity index is 1460. The first-order chi connectivity index (χ1) is 17.5. The predicted molar refractivity (Wildman–Crippen MR) is 129 cm³/mol. The molecule has 2 aromatic carbocycles. The first-order valence-electron chi connectivity index (χ1n) is 11.7. The minimum absolute atomic E-state index is 0.124. The van der Waals surface area contributed by atoms with Crippen molar-refractivity contribution in [3.05, 3.63) is 87.1 Å². The second-order valence-corrected chi connectivity index (χ2v) is 8.45. The molecule has 0 bridgehead atoms. The molecule has 0 aliphatic carbocycles. The molecule has 10 heteroatoms. The predicted octanol–water partition coefficient (Wildman–Crippen LogP) is 2.37. The molecule has 0 fully saturated rings. The fraction of sp³-hybridized carbons (Fsp3) is 0.269. The monoisotopic (exact) mass is 488 g/mol. The van der Waals surface area contributed by atoms with E-state index in [1.807, 2.05) is 6.07 Å². The average Bonchev–Trinajstić information content (AvgIpc) is 3.36. The van der Waals surface area contributed by atoms with Crippen molar-refractivity contribution in [1.29, 1.82) is 0 Å². The number of aryl methyl sites for hydroxylation is 1. The first kappa shape index (κ1) is 23.3. The minimum Gasteiger partial charge on any atom is -0.463 e. The molecule has 1 unspecified atom stereocenters. The van der Waals surface area contributed by atoms with Gasteiger partial charge in [-0.05, 0) is 37.1 Å². The number of benzene rings is 2. The van der Waals surface area contributed by atoms with Crippen LogP contribution in [-0.4, -0.2) is 40.7 Å². The lowest BCUT2D eigenvalue weighted by Crippen LogP contribution is -2.47. The molecule has 1 aromatic heterocycles. The van der Waals surface area contributed by atoms with E-state index in [-0.39, 0.29) is 35.6 Å². The molecule has 0 spiro atoms. The van der Waals surface area contributed by atoms with Gasteiger partial charge in [0.05, 0.1) is 40.4 Å². The van der Waals surface area contributed by atoms with E-state index in [4.69, 9.17) is 9.47 Å². The summed E-state index contributed by atoms with van der Waals surface area (Å²) in [5, 5.41) is 5.73. The van der Waals surface area contributed by atoms with Crippen LogP contribution in [0.4, 0.5) is 4.79 Å². The summed E-state index contributed by atoms with van der Waals surface area (Å²) in [6.07, 6.45) is 1.57. The topological polar surface area (TPSA) is 129 Å². The van der Waals surface area contributed by atoms with Gasteiger partial charge in [0.2, 0.25) is 0 Å². The molecule has 2 aliphatic heterocycles. The zero-order valence-corrected chi connectivity index (χ0v) is 19.6. The third kappa shape index (κ3) is 4.33. The van der Waals surface area contributed by atoms with E-state index in [2.05, 4.69) is 15.6 Å². The van der Waals surface area contributed by atoms with E-state index in [0.717, 1.165) is 6.42 Å². The SMILES string of the molecule is CCOC(=O)C1=C(COC(=O)c2ccc3c(=O)n4c(nc3c2)CCC4)NC(=O)NC1c1ccccc1. The fourth-order valence-electron chi connectivity index (χ4n) is 4.51. The van der Waals surface area contributed by atoms with E-state index in [9.17, 15) is 19.2 Å². The van der Waals surface area contributed by atoms with E-state index in [0.29, 0.717) is 35.3 Å². The van der Waals surface area contributed by atoms with Crippen LogP contribution >= 0.6 is 0 Å². The van der Waals surface area contributed by atoms with Crippen molar-refractivity contribution in [2.45, 2.75) is 32.4 Å². The molecular formula is C26H24N4O6. The van der Waals surface area contributed by atoms with Gasteiger partial charge in [0.1, 0.15) is 12.4 Å². The maximum atomic E-state index is 12.9. The van der Waals surface area contributed by atoms with Gasteiger partial charge in [0.25, 0.3) is 5.56 Å². The molecule has 10 nitrogen and oxygen atoms in total. The quantitative estimate of drug-likeness (QED) is 0.510. The summed E-state index contributed by atoms with van der Waals surface area (Å²) in [7, 11) is 0. The third-order valence-electron chi connectivity index (χ3n) is 6.18. The van der Waals surface area contributed by atoms with Crippen LogP contribution in [0.5, 0.6) is 0 Å². The number of amides is 2. The summed E-state index contributed by atoms with van der Waals surface area (Å²) in [6, 6.07) is 12.2. The summed E-state index contributed by atoms with van der Waals surface area (Å²) in [4.78, 5) is 55.3. The first-order valence-corrected chi connectivity index (χ1v) is 11.7. The van der Waals surface area contributed by atoms with Crippen molar-refractivity contribution in [2.75, 3.05) is 13.2 Å². The molecule has 0 saturated carbocycles. The average molecular weight is 489 g/mol. The summed E-state index contributed by atoms with van der Waals surface area (Å²) < 4.78 is 12.3. The van der Waals surface area contributed by atoms with E-state index in [1.54, 1.807) is 41.8 Å². The van der Waals surface area contributed by atoms with Crippen molar-refractivity contribution in [3.63, 3.8) is 0 Å². The number of nitrogens with zero attached hydrogens (tertiary/aromatic N) is 2. The number of hydrogen-bond acceptors (Lipinski definition) is 7. The Balaban J connectivity index is 1.43. The number of esters is 2. The highest BCUT2D eigenvalue weighted by atomic mass is 16.5. The van der Waals surface area contributed by atoms with Crippen LogP contribution < -0.4 is 16.2 Å². The Morgan fingerprint density at radius 3 is 2.67 bits per heavy atom. The number of aromatic nitrogens is 2. The second kappa shape index (κ2) is 9.65. The number of ether oxygens (including phenoxy) is 2. The lowest BCUT2D eigenvalue weighted by atomic mass is 9.95. The Hall–Kier alpha value is -4.47. The van der Waals surface area contributed by atoms with Gasteiger partial charge < -0.3 is 20.1 Å². The number of rotatable bonds is 6. The highest BCUT2D eigenvalue weighted by Gasteiger charge is 2.34. The number of carbonyl (C=O) groups excluding carboxylic acids is 3. The number of hydrogen-bond donors (Lipinski definition) is 2. The molecule has 0 saturated heterocycles. The minimum atomic E-state index is -0.771. The molecule has 36 heavy (non-hydrogen) atoms. The lowest BCUT2D eigenvalue weighted by molar-refractivity contribution is -0.139. The van der Waals surface area contributed by atoms with Gasteiger partial charge in [0, 0.05) is 13.0 Å². The number of fused-ring (bicyclic) bond motifs is 2. The molecule has 1 atom stereocenters. The largest absolute Gasteiger partial charge is 0.463 e. The standard InChI is InChI=1S/C26H24N4O6/c1-2-35-25(33)21-19(28-26(34)29-22(21)15-7-4-3-5-8-15)14-36-24(32)16-10-11-17-18(13-16)27-20-9-6-12-30(20)23(17)31/h3-5,7-8,10-11,13,22H,2,6,9,12,14H2,1H3,(H2,28,29,34). The molecule has 2 N–H and O–H groups in total. The van der Waals surface area contributed by atoms with Crippen LogP contribution in [-0.2, 0) is 27.2 Å². The molecule has 3 aromatic rings. The van der Waals surface area contributed by atoms with Crippen LogP contribution in [0.25, 0.3) is 10.9 Å². The van der Waals surface area contributed by atoms with Crippen LogP contribution in [0.15, 0.2) is 64.6 Å². The lowest BCUT2D eigenvalue weighted by Gasteiger charge is -2.29. The van der Waals surface area contributed by atoms with Gasteiger partial charge in [-0.15, -0.1) is 0 Å². The maximum Gasteiger partial charge on any atom is 0.338 e. The summed E-state index contributed by atoms with van der Waals surface area (Å²) in [6.45, 7) is 2.10. The van der Waals surface area contributed by atoms with Crippen molar-refractivity contribution in [2.24, 2.45) is 0 Å². The summed E-state index contributed by atoms with van der Waals surface area (Å²) >= 11 is 0. The van der Waals surface area contributed by atoms with Gasteiger partial charge in [-0.1, -0.05) is 30.3 Å². The molecule has 0 radical (unpaired) electrons. The third-order valence-corrected chi connectivity index (χ3v) is 6.18. The van der Waals surface area contributed by atoms with Gasteiger partial charge in [0.15, 0.2) is 0 Å². The van der Waals surface area contributed by atoms with E-state index >= 15 is 0 Å². The Morgan fingerprint density at radius 2 is 1.89 bits per heavy atom. The Kier molecular flexibility index (Phi) is 6.24. The van der Waals surface area contributed by atoms with Crippen molar-refractivity contribution < 1.29 is 23.9 Å². The molecule has 3 heterocycles.